The van der Waals surface area contributed by atoms with E-state index in [4.69, 9.17) is 4.74 Å². The van der Waals surface area contributed by atoms with Crippen LogP contribution in [0.4, 0.5) is 0 Å². The Morgan fingerprint density at radius 3 is 2.59 bits per heavy atom. The predicted molar refractivity (Wildman–Crippen MR) is 65.1 cm³/mol. The van der Waals surface area contributed by atoms with Gasteiger partial charge in [0, 0.05) is 10.9 Å². The highest BCUT2D eigenvalue weighted by Crippen LogP contribution is 2.28. The molecule has 0 saturated carbocycles. The molecule has 0 aliphatic carbocycles. The number of aromatic amines is 1. The van der Waals surface area contributed by atoms with Gasteiger partial charge >= 0.3 is 5.97 Å². The Balaban J connectivity index is 2.48. The molecule has 2 rings (SSSR count). The van der Waals surface area contributed by atoms with E-state index < -0.39 is 11.6 Å². The molecular formula is C13H15NO3. The number of hydrogen-bond donors (Lipinski definition) is 2. The molecule has 0 bridgehead atoms. The molecule has 4 nitrogen and oxygen atoms in total. The summed E-state index contributed by atoms with van der Waals surface area (Å²) in [7, 11) is 0. The molecule has 17 heavy (non-hydrogen) atoms. The first-order valence-electron chi connectivity index (χ1n) is 5.41. The highest BCUT2D eigenvalue weighted by atomic mass is 16.6. The first kappa shape index (κ1) is 11.5. The summed E-state index contributed by atoms with van der Waals surface area (Å²) in [5.41, 5.74) is 0.323. The number of para-hydroxylation sites is 1. The Hall–Kier alpha value is -1.97. The third kappa shape index (κ3) is 2.25. The highest BCUT2D eigenvalue weighted by molar-refractivity contribution is 6.06. The minimum atomic E-state index is -0.581. The van der Waals surface area contributed by atoms with E-state index in [2.05, 4.69) is 4.98 Å². The molecule has 1 aromatic heterocycles. The van der Waals surface area contributed by atoms with Gasteiger partial charge in [-0.25, -0.2) is 4.79 Å². The van der Waals surface area contributed by atoms with Crippen LogP contribution in [0.15, 0.2) is 24.3 Å². The zero-order chi connectivity index (χ0) is 12.6. The van der Waals surface area contributed by atoms with Crippen LogP contribution < -0.4 is 0 Å². The molecule has 0 atom stereocenters. The lowest BCUT2D eigenvalue weighted by Crippen LogP contribution is -2.23. The van der Waals surface area contributed by atoms with E-state index in [0.29, 0.717) is 10.9 Å². The van der Waals surface area contributed by atoms with Gasteiger partial charge in [0.2, 0.25) is 5.88 Å². The number of carbonyl (C=O) groups excluding carboxylic acids is 1. The third-order valence-corrected chi connectivity index (χ3v) is 2.29. The van der Waals surface area contributed by atoms with Crippen LogP contribution in [0.5, 0.6) is 5.88 Å². The number of aromatic nitrogens is 1. The summed E-state index contributed by atoms with van der Waals surface area (Å²) in [6, 6.07) is 7.20. The lowest BCUT2D eigenvalue weighted by atomic mass is 10.1. The van der Waals surface area contributed by atoms with Crippen LogP contribution in [0.2, 0.25) is 0 Å². The number of ether oxygens (including phenoxy) is 1. The third-order valence-electron chi connectivity index (χ3n) is 2.29. The maximum atomic E-state index is 12.0. The van der Waals surface area contributed by atoms with Gasteiger partial charge in [-0.2, -0.15) is 0 Å². The number of fused-ring (bicyclic) bond motifs is 1. The number of aromatic hydroxyl groups is 1. The van der Waals surface area contributed by atoms with Crippen molar-refractivity contribution in [2.45, 2.75) is 26.4 Å². The second-order valence-corrected chi connectivity index (χ2v) is 4.90. The van der Waals surface area contributed by atoms with Crippen LogP contribution in [0.25, 0.3) is 10.9 Å². The smallest absolute Gasteiger partial charge is 0.344 e. The average molecular weight is 233 g/mol. The maximum absolute atomic E-state index is 12.0. The number of esters is 1. The van der Waals surface area contributed by atoms with Crippen LogP contribution in [0.1, 0.15) is 31.1 Å². The second kappa shape index (κ2) is 3.80. The molecule has 0 fully saturated rings. The Morgan fingerprint density at radius 1 is 1.29 bits per heavy atom. The topological polar surface area (TPSA) is 62.3 Å². The van der Waals surface area contributed by atoms with E-state index >= 15 is 0 Å². The highest BCUT2D eigenvalue weighted by Gasteiger charge is 2.24. The van der Waals surface area contributed by atoms with Gasteiger partial charge in [-0.15, -0.1) is 0 Å². The first-order valence-corrected chi connectivity index (χ1v) is 5.41. The van der Waals surface area contributed by atoms with E-state index in [0.717, 1.165) is 0 Å². The van der Waals surface area contributed by atoms with Gasteiger partial charge in [-0.05, 0) is 26.8 Å². The van der Waals surface area contributed by atoms with Crippen LogP contribution >= 0.6 is 0 Å². The number of nitrogens with one attached hydrogen (secondary N) is 1. The predicted octanol–water partition coefficient (Wildman–Crippen LogP) is 2.83. The van der Waals surface area contributed by atoms with Gasteiger partial charge < -0.3 is 14.8 Å². The minimum absolute atomic E-state index is 0.152. The molecule has 90 valence electrons. The largest absolute Gasteiger partial charge is 0.494 e. The van der Waals surface area contributed by atoms with Gasteiger partial charge in [0.1, 0.15) is 11.2 Å². The molecule has 1 aromatic carbocycles. The van der Waals surface area contributed by atoms with Crippen molar-refractivity contribution in [1.82, 2.24) is 4.98 Å². The van der Waals surface area contributed by atoms with Crippen molar-refractivity contribution in [1.29, 1.82) is 0 Å². The maximum Gasteiger partial charge on any atom is 0.344 e. The minimum Gasteiger partial charge on any atom is -0.494 e. The lowest BCUT2D eigenvalue weighted by molar-refractivity contribution is 0.00692. The summed E-state index contributed by atoms with van der Waals surface area (Å²) in [4.78, 5) is 14.7. The van der Waals surface area contributed by atoms with E-state index in [-0.39, 0.29) is 11.4 Å². The van der Waals surface area contributed by atoms with E-state index in [1.54, 1.807) is 32.9 Å². The SMILES string of the molecule is CC(C)(C)OC(=O)c1c(O)[nH]c2ccccc12. The van der Waals surface area contributed by atoms with Crippen molar-refractivity contribution in [3.05, 3.63) is 29.8 Å². The summed E-state index contributed by atoms with van der Waals surface area (Å²) in [6.45, 7) is 5.37. The molecule has 0 aliphatic heterocycles. The Labute approximate surface area is 99.2 Å². The molecule has 2 aromatic rings. The standard InChI is InChI=1S/C13H15NO3/c1-13(2,3)17-12(16)10-8-6-4-5-7-9(8)14-11(10)15/h4-7,14-15H,1-3H3. The van der Waals surface area contributed by atoms with Gasteiger partial charge in [0.25, 0.3) is 0 Å². The van der Waals surface area contributed by atoms with E-state index in [1.807, 2.05) is 12.1 Å². The average Bonchev–Trinajstić information content (AvgIpc) is 2.50. The zero-order valence-electron chi connectivity index (χ0n) is 10.1. The van der Waals surface area contributed by atoms with Crippen molar-refractivity contribution in [2.24, 2.45) is 0 Å². The van der Waals surface area contributed by atoms with Gasteiger partial charge in [-0.3, -0.25) is 0 Å². The fourth-order valence-corrected chi connectivity index (χ4v) is 1.66. The molecule has 0 amide bonds. The molecule has 4 heteroatoms. The summed E-state index contributed by atoms with van der Waals surface area (Å²) in [5, 5.41) is 10.4. The molecule has 0 aliphatic rings. The van der Waals surface area contributed by atoms with Crippen molar-refractivity contribution in [3.63, 3.8) is 0 Å². The summed E-state index contributed by atoms with van der Waals surface area (Å²) in [5.74, 6) is -0.673. The summed E-state index contributed by atoms with van der Waals surface area (Å²) >= 11 is 0. The van der Waals surface area contributed by atoms with Crippen molar-refractivity contribution in [2.75, 3.05) is 0 Å². The normalized spacial score (nSPS) is 11.7. The fraction of sp³-hybridized carbons (Fsp3) is 0.308. The molecule has 0 spiro atoms. The van der Waals surface area contributed by atoms with E-state index in [1.165, 1.54) is 0 Å². The van der Waals surface area contributed by atoms with Crippen molar-refractivity contribution < 1.29 is 14.6 Å². The Bertz CT molecular complexity index is 564. The zero-order valence-corrected chi connectivity index (χ0v) is 10.1. The summed E-state index contributed by atoms with van der Waals surface area (Å²) < 4.78 is 5.25. The van der Waals surface area contributed by atoms with Gasteiger partial charge in [0.05, 0.1) is 0 Å². The quantitative estimate of drug-likeness (QED) is 0.744. The molecule has 0 radical (unpaired) electrons. The van der Waals surface area contributed by atoms with Crippen LogP contribution in [0, 0.1) is 0 Å². The first-order chi connectivity index (χ1) is 7.88. The lowest BCUT2D eigenvalue weighted by Gasteiger charge is -2.19. The molecule has 0 saturated heterocycles. The second-order valence-electron chi connectivity index (χ2n) is 4.90. The summed E-state index contributed by atoms with van der Waals surface area (Å²) in [6.07, 6.45) is 0. The van der Waals surface area contributed by atoms with Crippen LogP contribution in [0.3, 0.4) is 0 Å². The molecule has 0 unspecified atom stereocenters. The fourth-order valence-electron chi connectivity index (χ4n) is 1.66. The van der Waals surface area contributed by atoms with Gasteiger partial charge in [-0.1, -0.05) is 18.2 Å². The number of hydrogen-bond acceptors (Lipinski definition) is 3. The Morgan fingerprint density at radius 2 is 1.94 bits per heavy atom. The van der Waals surface area contributed by atoms with E-state index in [9.17, 15) is 9.90 Å². The number of carbonyl (C=O) groups is 1. The van der Waals surface area contributed by atoms with Gasteiger partial charge in [0.15, 0.2) is 0 Å². The number of rotatable bonds is 1. The molecule has 1 heterocycles. The number of benzene rings is 1. The molecular weight excluding hydrogens is 218 g/mol. The van der Waals surface area contributed by atoms with Crippen molar-refractivity contribution >= 4 is 16.9 Å². The van der Waals surface area contributed by atoms with Crippen molar-refractivity contribution in [3.8, 4) is 5.88 Å². The number of H-pyrrole nitrogens is 1. The monoisotopic (exact) mass is 233 g/mol. The van der Waals surface area contributed by atoms with Crippen LogP contribution in [-0.4, -0.2) is 21.7 Å². The van der Waals surface area contributed by atoms with Crippen LogP contribution in [-0.2, 0) is 4.74 Å². The molecule has 2 N–H and O–H groups in total. The Kier molecular flexibility index (Phi) is 2.58.